The molecule has 10 nitrogen and oxygen atoms in total. The van der Waals surface area contributed by atoms with Crippen LogP contribution >= 0.6 is 0 Å². The Morgan fingerprint density at radius 1 is 1.14 bits per heavy atom. The summed E-state index contributed by atoms with van der Waals surface area (Å²) in [6.07, 6.45) is 9.04. The molecular formula is C26H33N7O3. The van der Waals surface area contributed by atoms with Crippen LogP contribution in [0.25, 0.3) is 5.65 Å². The van der Waals surface area contributed by atoms with Crippen molar-refractivity contribution in [3.63, 3.8) is 0 Å². The highest BCUT2D eigenvalue weighted by molar-refractivity contribution is 5.54. The van der Waals surface area contributed by atoms with Gasteiger partial charge in [-0.05, 0) is 32.1 Å². The summed E-state index contributed by atoms with van der Waals surface area (Å²) in [6.45, 7) is 5.12. The van der Waals surface area contributed by atoms with E-state index in [1.54, 1.807) is 17.8 Å². The average molecular weight is 492 g/mol. The van der Waals surface area contributed by atoms with Gasteiger partial charge in [0.05, 0.1) is 20.3 Å². The molecule has 0 spiro atoms. The zero-order valence-corrected chi connectivity index (χ0v) is 20.9. The van der Waals surface area contributed by atoms with Crippen molar-refractivity contribution in [3.8, 4) is 23.6 Å². The number of hydrogen-bond donors (Lipinski definition) is 1. The zero-order valence-electron chi connectivity index (χ0n) is 20.9. The lowest BCUT2D eigenvalue weighted by atomic mass is 9.93. The lowest BCUT2D eigenvalue weighted by Gasteiger charge is -2.30. The van der Waals surface area contributed by atoms with E-state index in [0.717, 1.165) is 80.2 Å². The first kappa shape index (κ1) is 24.1. The highest BCUT2D eigenvalue weighted by Crippen LogP contribution is 2.29. The summed E-state index contributed by atoms with van der Waals surface area (Å²) in [5.41, 5.74) is 1.60. The van der Waals surface area contributed by atoms with Gasteiger partial charge in [0.2, 0.25) is 0 Å². The summed E-state index contributed by atoms with van der Waals surface area (Å²) < 4.78 is 19.1. The number of fused-ring (bicyclic) bond motifs is 1. The molecule has 2 aliphatic rings. The number of nitrogens with one attached hydrogen (secondary N) is 1. The standard InChI is InChI=1S/C26H33N7O3/c1-3-4-5-6-19-15-22(34-2)25(27-17-19)30-20-7-9-21(10-8-20)36-26-31-24(32-11-13-35-14-12-32)16-23-28-18-29-33(23)26/h15-18,20-21H,3-4,7-14H2,1-2H3,(H,27,30). The van der Waals surface area contributed by atoms with Gasteiger partial charge in [0, 0.05) is 49.4 Å². The minimum absolute atomic E-state index is 0.0639. The summed E-state index contributed by atoms with van der Waals surface area (Å²) in [6, 6.07) is 4.68. The number of pyridine rings is 1. The van der Waals surface area contributed by atoms with Crippen LogP contribution in [0.1, 0.15) is 51.0 Å². The fraction of sp³-hybridized carbons (Fsp3) is 0.538. The Kier molecular flexibility index (Phi) is 7.67. The summed E-state index contributed by atoms with van der Waals surface area (Å²) in [5.74, 6) is 8.63. The minimum atomic E-state index is 0.0639. The molecular weight excluding hydrogens is 458 g/mol. The summed E-state index contributed by atoms with van der Waals surface area (Å²) in [5, 5.41) is 7.88. The number of anilines is 2. The molecule has 3 aromatic heterocycles. The number of morpholine rings is 1. The molecule has 0 aromatic carbocycles. The van der Waals surface area contributed by atoms with Crippen LogP contribution in [0.4, 0.5) is 11.6 Å². The van der Waals surface area contributed by atoms with Crippen molar-refractivity contribution in [2.24, 2.45) is 0 Å². The molecule has 1 saturated heterocycles. The van der Waals surface area contributed by atoms with Crippen molar-refractivity contribution < 1.29 is 14.2 Å². The average Bonchev–Trinajstić information content (AvgIpc) is 3.40. The van der Waals surface area contributed by atoms with E-state index in [-0.39, 0.29) is 6.10 Å². The van der Waals surface area contributed by atoms with E-state index >= 15 is 0 Å². The third-order valence-electron chi connectivity index (χ3n) is 6.53. The van der Waals surface area contributed by atoms with E-state index in [0.29, 0.717) is 25.3 Å². The number of unbranched alkanes of at least 4 members (excludes halogenated alkanes) is 1. The molecule has 3 aromatic rings. The van der Waals surface area contributed by atoms with Crippen molar-refractivity contribution in [2.75, 3.05) is 43.6 Å². The number of aromatic nitrogens is 5. The van der Waals surface area contributed by atoms with Crippen LogP contribution in [0.15, 0.2) is 24.7 Å². The van der Waals surface area contributed by atoms with Gasteiger partial charge in [0.25, 0.3) is 0 Å². The smallest absolute Gasteiger partial charge is 0.321 e. The molecule has 5 rings (SSSR count). The Morgan fingerprint density at radius 3 is 2.75 bits per heavy atom. The maximum Gasteiger partial charge on any atom is 0.321 e. The van der Waals surface area contributed by atoms with Crippen LogP contribution < -0.4 is 19.7 Å². The molecule has 190 valence electrons. The molecule has 0 radical (unpaired) electrons. The Labute approximate surface area is 211 Å². The van der Waals surface area contributed by atoms with Gasteiger partial charge in [-0.1, -0.05) is 18.8 Å². The molecule has 0 amide bonds. The van der Waals surface area contributed by atoms with Crippen molar-refractivity contribution in [1.82, 2.24) is 24.6 Å². The fourth-order valence-electron chi connectivity index (χ4n) is 4.55. The third kappa shape index (κ3) is 5.62. The molecule has 0 atom stereocenters. The van der Waals surface area contributed by atoms with Gasteiger partial charge >= 0.3 is 6.01 Å². The molecule has 10 heteroatoms. The SMILES string of the molecule is CCCC#Cc1cnc(NC2CCC(Oc3nc(N4CCOCC4)cc4ncnn34)CC2)c(OC)c1. The molecule has 2 fully saturated rings. The van der Waals surface area contributed by atoms with E-state index < -0.39 is 0 Å². The van der Waals surface area contributed by atoms with Crippen LogP contribution in [0.5, 0.6) is 11.8 Å². The first-order valence-electron chi connectivity index (χ1n) is 12.7. The Hall–Kier alpha value is -3.58. The lowest BCUT2D eigenvalue weighted by Crippen LogP contribution is -2.37. The van der Waals surface area contributed by atoms with Crippen LogP contribution in [-0.4, -0.2) is 70.1 Å². The predicted molar refractivity (Wildman–Crippen MR) is 137 cm³/mol. The number of methoxy groups -OCH3 is 1. The van der Waals surface area contributed by atoms with E-state index in [1.807, 2.05) is 12.1 Å². The minimum Gasteiger partial charge on any atom is -0.493 e. The van der Waals surface area contributed by atoms with Crippen molar-refractivity contribution in [3.05, 3.63) is 30.2 Å². The second-order valence-electron chi connectivity index (χ2n) is 9.09. The highest BCUT2D eigenvalue weighted by Gasteiger charge is 2.26. The molecule has 1 aliphatic heterocycles. The van der Waals surface area contributed by atoms with Gasteiger partial charge in [-0.25, -0.2) is 9.97 Å². The van der Waals surface area contributed by atoms with Crippen molar-refractivity contribution >= 4 is 17.3 Å². The largest absolute Gasteiger partial charge is 0.493 e. The maximum absolute atomic E-state index is 6.37. The first-order chi connectivity index (χ1) is 17.7. The monoisotopic (exact) mass is 491 g/mol. The van der Waals surface area contributed by atoms with E-state index in [2.05, 4.69) is 44.0 Å². The van der Waals surface area contributed by atoms with Gasteiger partial charge < -0.3 is 24.4 Å². The first-order valence-corrected chi connectivity index (χ1v) is 12.7. The number of nitrogens with zero attached hydrogens (tertiary/aromatic N) is 6. The van der Waals surface area contributed by atoms with Gasteiger partial charge in [-0.2, -0.15) is 14.6 Å². The van der Waals surface area contributed by atoms with Crippen LogP contribution in [0.2, 0.25) is 0 Å². The number of hydrogen-bond acceptors (Lipinski definition) is 9. The third-order valence-corrected chi connectivity index (χ3v) is 6.53. The fourth-order valence-corrected chi connectivity index (χ4v) is 4.55. The second-order valence-corrected chi connectivity index (χ2v) is 9.09. The molecule has 1 saturated carbocycles. The summed E-state index contributed by atoms with van der Waals surface area (Å²) in [7, 11) is 1.67. The van der Waals surface area contributed by atoms with E-state index in [9.17, 15) is 0 Å². The van der Waals surface area contributed by atoms with Gasteiger partial charge in [-0.3, -0.25) is 0 Å². The normalized spacial score (nSPS) is 20.0. The van der Waals surface area contributed by atoms with E-state index in [1.165, 1.54) is 6.33 Å². The molecule has 1 aliphatic carbocycles. The quantitative estimate of drug-likeness (QED) is 0.499. The Balaban J connectivity index is 1.21. The summed E-state index contributed by atoms with van der Waals surface area (Å²) >= 11 is 0. The van der Waals surface area contributed by atoms with Crippen LogP contribution in [0, 0.1) is 11.8 Å². The summed E-state index contributed by atoms with van der Waals surface area (Å²) in [4.78, 5) is 15.9. The van der Waals surface area contributed by atoms with Crippen LogP contribution in [0.3, 0.4) is 0 Å². The topological polar surface area (TPSA) is 98.9 Å². The van der Waals surface area contributed by atoms with Gasteiger partial charge in [0.1, 0.15) is 18.2 Å². The van der Waals surface area contributed by atoms with Gasteiger partial charge in [-0.15, -0.1) is 0 Å². The number of rotatable bonds is 7. The van der Waals surface area contributed by atoms with Crippen molar-refractivity contribution in [2.45, 2.75) is 57.6 Å². The zero-order chi connectivity index (χ0) is 24.7. The molecule has 36 heavy (non-hydrogen) atoms. The molecule has 4 heterocycles. The van der Waals surface area contributed by atoms with Crippen LogP contribution in [-0.2, 0) is 4.74 Å². The molecule has 0 bridgehead atoms. The maximum atomic E-state index is 6.37. The van der Waals surface area contributed by atoms with Gasteiger partial charge in [0.15, 0.2) is 17.2 Å². The lowest BCUT2D eigenvalue weighted by molar-refractivity contribution is 0.121. The Bertz CT molecular complexity index is 1220. The number of ether oxygens (including phenoxy) is 3. The van der Waals surface area contributed by atoms with Crippen molar-refractivity contribution in [1.29, 1.82) is 0 Å². The molecule has 0 unspecified atom stereocenters. The molecule has 1 N–H and O–H groups in total. The second kappa shape index (κ2) is 11.4. The Morgan fingerprint density at radius 2 is 1.97 bits per heavy atom. The predicted octanol–water partition coefficient (Wildman–Crippen LogP) is 3.32. The highest BCUT2D eigenvalue weighted by atomic mass is 16.5. The van der Waals surface area contributed by atoms with E-state index in [4.69, 9.17) is 19.2 Å².